The van der Waals surface area contributed by atoms with Crippen molar-refractivity contribution in [3.63, 3.8) is 0 Å². The molecule has 1 N–H and O–H groups in total. The number of ether oxygens (including phenoxy) is 1. The first-order valence-corrected chi connectivity index (χ1v) is 7.30. The molecule has 0 radical (unpaired) electrons. The van der Waals surface area contributed by atoms with Gasteiger partial charge >= 0.3 is 0 Å². The van der Waals surface area contributed by atoms with Crippen LogP contribution in [0.4, 0.5) is 0 Å². The minimum atomic E-state index is 0.309. The second kappa shape index (κ2) is 6.07. The molecule has 0 saturated carbocycles. The molecule has 3 nitrogen and oxygen atoms in total. The average Bonchev–Trinajstić information content (AvgIpc) is 2.78. The van der Waals surface area contributed by atoms with Crippen molar-refractivity contribution in [3.05, 3.63) is 20.6 Å². The first-order chi connectivity index (χ1) is 8.20. The molecule has 5 heteroatoms. The molecular formula is C12H17BrN2OS. The Kier molecular flexibility index (Phi) is 4.70. The van der Waals surface area contributed by atoms with Crippen LogP contribution in [-0.2, 0) is 17.6 Å². The van der Waals surface area contributed by atoms with Crippen molar-refractivity contribution in [2.24, 2.45) is 0 Å². The van der Waals surface area contributed by atoms with Gasteiger partial charge in [-0.05, 0) is 35.2 Å². The summed E-state index contributed by atoms with van der Waals surface area (Å²) in [6.45, 7) is 3.03. The van der Waals surface area contributed by atoms with E-state index in [0.29, 0.717) is 10.7 Å². The van der Waals surface area contributed by atoms with Gasteiger partial charge in [-0.15, -0.1) is 0 Å². The van der Waals surface area contributed by atoms with Crippen LogP contribution in [0.25, 0.3) is 0 Å². The molecule has 2 rings (SSSR count). The molecule has 1 aliphatic rings. The Balaban J connectivity index is 2.19. The van der Waals surface area contributed by atoms with E-state index in [1.54, 1.807) is 0 Å². The summed E-state index contributed by atoms with van der Waals surface area (Å²) < 4.78 is 7.21. The molecule has 0 bridgehead atoms. The lowest BCUT2D eigenvalue weighted by Crippen LogP contribution is -2.13. The maximum Gasteiger partial charge on any atom is 0.144 e. The van der Waals surface area contributed by atoms with Crippen LogP contribution in [-0.4, -0.2) is 22.7 Å². The smallest absolute Gasteiger partial charge is 0.144 e. The van der Waals surface area contributed by atoms with Gasteiger partial charge in [0.1, 0.15) is 10.5 Å². The predicted molar refractivity (Wildman–Crippen MR) is 73.8 cm³/mol. The van der Waals surface area contributed by atoms with Crippen LogP contribution < -0.4 is 0 Å². The first kappa shape index (κ1) is 13.2. The second-order valence-electron chi connectivity index (χ2n) is 4.37. The van der Waals surface area contributed by atoms with Gasteiger partial charge in [-0.3, -0.25) is 0 Å². The summed E-state index contributed by atoms with van der Waals surface area (Å²) in [5.41, 5.74) is 1.15. The number of rotatable bonds is 4. The molecule has 0 aliphatic carbocycles. The van der Waals surface area contributed by atoms with Crippen LogP contribution in [0.2, 0.25) is 0 Å². The Labute approximate surface area is 115 Å². The van der Waals surface area contributed by atoms with Gasteiger partial charge < -0.3 is 9.72 Å². The molecular weight excluding hydrogens is 300 g/mol. The Hall–Kier alpha value is -0.260. The highest BCUT2D eigenvalue weighted by Crippen LogP contribution is 2.20. The lowest BCUT2D eigenvalue weighted by atomic mass is 10.1. The van der Waals surface area contributed by atoms with Gasteiger partial charge in [0.2, 0.25) is 0 Å². The molecule has 1 atom stereocenters. The molecule has 1 saturated heterocycles. The van der Waals surface area contributed by atoms with Gasteiger partial charge in [-0.2, -0.15) is 0 Å². The van der Waals surface area contributed by atoms with Gasteiger partial charge in [0, 0.05) is 18.7 Å². The van der Waals surface area contributed by atoms with E-state index in [4.69, 9.17) is 17.0 Å². The van der Waals surface area contributed by atoms with E-state index in [2.05, 4.69) is 32.8 Å². The fraction of sp³-hybridized carbons (Fsp3) is 0.667. The average molecular weight is 317 g/mol. The van der Waals surface area contributed by atoms with E-state index in [1.165, 1.54) is 0 Å². The summed E-state index contributed by atoms with van der Waals surface area (Å²) in [4.78, 5) is 7.79. The highest BCUT2D eigenvalue weighted by molar-refractivity contribution is 9.10. The third-order valence-electron chi connectivity index (χ3n) is 2.93. The lowest BCUT2D eigenvalue weighted by molar-refractivity contribution is 0.110. The van der Waals surface area contributed by atoms with Gasteiger partial charge in [-0.1, -0.05) is 25.6 Å². The largest absolute Gasteiger partial charge is 0.378 e. The van der Waals surface area contributed by atoms with Crippen molar-refractivity contribution in [3.8, 4) is 0 Å². The van der Waals surface area contributed by atoms with Crippen LogP contribution >= 0.6 is 28.1 Å². The van der Waals surface area contributed by atoms with E-state index in [1.807, 2.05) is 0 Å². The van der Waals surface area contributed by atoms with Crippen LogP contribution in [0.3, 0.4) is 0 Å². The molecule has 1 aromatic heterocycles. The zero-order valence-corrected chi connectivity index (χ0v) is 12.4. The summed E-state index contributed by atoms with van der Waals surface area (Å²) in [5, 5.41) is 0. The number of hydrogen-bond donors (Lipinski definition) is 1. The molecule has 1 unspecified atom stereocenters. The van der Waals surface area contributed by atoms with Crippen molar-refractivity contribution < 1.29 is 4.74 Å². The molecule has 1 fully saturated rings. The number of nitrogens with one attached hydrogen (secondary N) is 1. The number of hydrogen-bond acceptors (Lipinski definition) is 3. The van der Waals surface area contributed by atoms with Gasteiger partial charge in [-0.25, -0.2) is 4.98 Å². The monoisotopic (exact) mass is 316 g/mol. The van der Waals surface area contributed by atoms with E-state index < -0.39 is 0 Å². The van der Waals surface area contributed by atoms with Gasteiger partial charge in [0.15, 0.2) is 0 Å². The maximum absolute atomic E-state index is 5.62. The number of aromatic amines is 1. The topological polar surface area (TPSA) is 37.9 Å². The van der Waals surface area contributed by atoms with E-state index in [9.17, 15) is 0 Å². The molecule has 0 spiro atoms. The summed E-state index contributed by atoms with van der Waals surface area (Å²) in [7, 11) is 0. The Morgan fingerprint density at radius 3 is 3.06 bits per heavy atom. The van der Waals surface area contributed by atoms with Crippen molar-refractivity contribution in [1.29, 1.82) is 0 Å². The minimum absolute atomic E-state index is 0.309. The molecule has 17 heavy (non-hydrogen) atoms. The lowest BCUT2D eigenvalue weighted by Gasteiger charge is -2.11. The van der Waals surface area contributed by atoms with Gasteiger partial charge in [0.25, 0.3) is 0 Å². The van der Waals surface area contributed by atoms with E-state index in [0.717, 1.165) is 54.7 Å². The molecule has 94 valence electrons. The molecule has 0 aromatic carbocycles. The Morgan fingerprint density at radius 1 is 1.59 bits per heavy atom. The van der Waals surface area contributed by atoms with E-state index in [-0.39, 0.29) is 0 Å². The summed E-state index contributed by atoms with van der Waals surface area (Å²) in [6, 6.07) is 0. The third kappa shape index (κ3) is 3.36. The van der Waals surface area contributed by atoms with Crippen LogP contribution in [0.15, 0.2) is 4.47 Å². The quantitative estimate of drug-likeness (QED) is 0.863. The molecule has 0 amide bonds. The zero-order valence-electron chi connectivity index (χ0n) is 9.96. The Morgan fingerprint density at radius 2 is 2.41 bits per heavy atom. The normalized spacial score (nSPS) is 19.8. The summed E-state index contributed by atoms with van der Waals surface area (Å²) >= 11 is 8.76. The molecule has 1 aliphatic heterocycles. The fourth-order valence-electron chi connectivity index (χ4n) is 2.10. The van der Waals surface area contributed by atoms with E-state index >= 15 is 0 Å². The molecule has 2 heterocycles. The maximum atomic E-state index is 5.62. The van der Waals surface area contributed by atoms with Crippen LogP contribution in [0, 0.1) is 4.64 Å². The number of H-pyrrole nitrogens is 1. The number of aromatic nitrogens is 2. The van der Waals surface area contributed by atoms with Crippen LogP contribution in [0.1, 0.15) is 37.7 Å². The zero-order chi connectivity index (χ0) is 12.3. The first-order valence-electron chi connectivity index (χ1n) is 6.10. The SMILES string of the molecule is CCCc1[nH]c(CC2CCCO2)nc(=S)c1Br. The summed E-state index contributed by atoms with van der Waals surface area (Å²) in [5.74, 6) is 0.952. The molecule has 1 aromatic rings. The predicted octanol–water partition coefficient (Wildman–Crippen LogP) is 3.58. The minimum Gasteiger partial charge on any atom is -0.378 e. The number of aryl methyl sites for hydroxylation is 1. The second-order valence-corrected chi connectivity index (χ2v) is 5.55. The van der Waals surface area contributed by atoms with Crippen molar-refractivity contribution in [1.82, 2.24) is 9.97 Å². The number of nitrogens with zero attached hydrogens (tertiary/aromatic N) is 1. The number of halogens is 1. The standard InChI is InChI=1S/C12H17BrN2OS/c1-2-4-9-11(13)12(17)15-10(14-9)7-8-5-3-6-16-8/h8H,2-7H2,1H3,(H,14,15,17). The highest BCUT2D eigenvalue weighted by Gasteiger charge is 2.17. The summed E-state index contributed by atoms with van der Waals surface area (Å²) in [6.07, 6.45) is 5.51. The van der Waals surface area contributed by atoms with Gasteiger partial charge in [0.05, 0.1) is 10.6 Å². The van der Waals surface area contributed by atoms with Crippen molar-refractivity contribution >= 4 is 28.1 Å². The fourth-order valence-corrected chi connectivity index (χ4v) is 2.72. The Bertz CT molecular complexity index is 441. The highest BCUT2D eigenvalue weighted by atomic mass is 79.9. The van der Waals surface area contributed by atoms with Crippen LogP contribution in [0.5, 0.6) is 0 Å². The van der Waals surface area contributed by atoms with Crippen molar-refractivity contribution in [2.45, 2.75) is 45.1 Å². The van der Waals surface area contributed by atoms with Crippen molar-refractivity contribution in [2.75, 3.05) is 6.61 Å². The third-order valence-corrected chi connectivity index (χ3v) is 4.34.